The summed E-state index contributed by atoms with van der Waals surface area (Å²) in [5.74, 6) is -1.94. The molecule has 0 saturated carbocycles. The van der Waals surface area contributed by atoms with Crippen molar-refractivity contribution < 1.29 is 27.5 Å². The summed E-state index contributed by atoms with van der Waals surface area (Å²) in [5.41, 5.74) is 1.86. The molecular formula is C17H23F3N2O3. The largest absolute Gasteiger partial charge is 0.483 e. The third-order valence-corrected chi connectivity index (χ3v) is 3.29. The number of alkyl halides is 3. The van der Waals surface area contributed by atoms with Crippen LogP contribution in [0.4, 0.5) is 13.2 Å². The first-order chi connectivity index (χ1) is 11.4. The van der Waals surface area contributed by atoms with Crippen LogP contribution in [-0.2, 0) is 15.0 Å². The van der Waals surface area contributed by atoms with Crippen molar-refractivity contribution in [2.75, 3.05) is 19.7 Å². The summed E-state index contributed by atoms with van der Waals surface area (Å²) in [5, 5.41) is 4.05. The number of nitrogens with one attached hydrogen (secondary N) is 2. The topological polar surface area (TPSA) is 67.4 Å². The van der Waals surface area contributed by atoms with E-state index in [4.69, 9.17) is 4.74 Å². The molecule has 25 heavy (non-hydrogen) atoms. The Morgan fingerprint density at radius 3 is 2.24 bits per heavy atom. The lowest BCUT2D eigenvalue weighted by atomic mass is 9.85. The van der Waals surface area contributed by atoms with Crippen LogP contribution in [0.15, 0.2) is 18.2 Å². The minimum Gasteiger partial charge on any atom is -0.483 e. The highest BCUT2D eigenvalue weighted by atomic mass is 19.4. The van der Waals surface area contributed by atoms with E-state index in [1.807, 2.05) is 39.8 Å². The monoisotopic (exact) mass is 360 g/mol. The van der Waals surface area contributed by atoms with Crippen LogP contribution >= 0.6 is 0 Å². The molecule has 2 amide bonds. The number of carbonyl (C=O) groups is 2. The second-order valence-corrected chi connectivity index (χ2v) is 6.64. The molecule has 0 saturated heterocycles. The molecule has 0 atom stereocenters. The van der Waals surface area contributed by atoms with E-state index in [2.05, 4.69) is 5.32 Å². The molecule has 0 aliphatic carbocycles. The molecule has 0 spiro atoms. The van der Waals surface area contributed by atoms with Gasteiger partial charge >= 0.3 is 12.1 Å². The summed E-state index contributed by atoms with van der Waals surface area (Å²) in [4.78, 5) is 22.3. The van der Waals surface area contributed by atoms with E-state index in [1.165, 1.54) is 0 Å². The first-order valence-electron chi connectivity index (χ1n) is 7.77. The molecule has 0 radical (unpaired) electrons. The van der Waals surface area contributed by atoms with Gasteiger partial charge < -0.3 is 15.4 Å². The fraction of sp³-hybridized carbons (Fsp3) is 0.529. The van der Waals surface area contributed by atoms with Crippen LogP contribution in [0.2, 0.25) is 0 Å². The van der Waals surface area contributed by atoms with Gasteiger partial charge in [0.25, 0.3) is 5.91 Å². The van der Waals surface area contributed by atoms with Crippen molar-refractivity contribution in [1.82, 2.24) is 10.6 Å². The van der Waals surface area contributed by atoms with Gasteiger partial charge in [-0.1, -0.05) is 38.5 Å². The molecule has 0 heterocycles. The second-order valence-electron chi connectivity index (χ2n) is 6.64. The molecule has 0 aliphatic rings. The molecule has 0 unspecified atom stereocenters. The van der Waals surface area contributed by atoms with Gasteiger partial charge in [0.15, 0.2) is 6.61 Å². The SMILES string of the molecule is Cc1ccc(OCC(=O)NCCNC(=O)C(F)(F)F)c(C(C)(C)C)c1. The zero-order valence-electron chi connectivity index (χ0n) is 14.7. The highest BCUT2D eigenvalue weighted by molar-refractivity contribution is 5.81. The van der Waals surface area contributed by atoms with Crippen LogP contribution < -0.4 is 15.4 Å². The normalized spacial score (nSPS) is 11.8. The van der Waals surface area contributed by atoms with E-state index in [0.29, 0.717) is 5.75 Å². The van der Waals surface area contributed by atoms with Crippen molar-refractivity contribution in [3.05, 3.63) is 29.3 Å². The fourth-order valence-corrected chi connectivity index (χ4v) is 2.03. The number of carbonyl (C=O) groups excluding carboxylic acids is 2. The lowest BCUT2D eigenvalue weighted by molar-refractivity contribution is -0.173. The Kier molecular flexibility index (Phi) is 6.84. The first-order valence-corrected chi connectivity index (χ1v) is 7.77. The summed E-state index contributed by atoms with van der Waals surface area (Å²) >= 11 is 0. The van der Waals surface area contributed by atoms with Crippen LogP contribution in [-0.4, -0.2) is 37.7 Å². The van der Waals surface area contributed by atoms with Gasteiger partial charge in [0.1, 0.15) is 5.75 Å². The number of ether oxygens (including phenoxy) is 1. The van der Waals surface area contributed by atoms with Crippen molar-refractivity contribution in [3.63, 3.8) is 0 Å². The Balaban J connectivity index is 2.46. The molecule has 0 aliphatic heterocycles. The third-order valence-electron chi connectivity index (χ3n) is 3.29. The van der Waals surface area contributed by atoms with Crippen LogP contribution in [0.25, 0.3) is 0 Å². The smallest absolute Gasteiger partial charge is 0.471 e. The van der Waals surface area contributed by atoms with Gasteiger partial charge in [-0.2, -0.15) is 13.2 Å². The van der Waals surface area contributed by atoms with E-state index in [1.54, 1.807) is 11.4 Å². The number of rotatable bonds is 6. The van der Waals surface area contributed by atoms with Gasteiger partial charge in [0, 0.05) is 13.1 Å². The van der Waals surface area contributed by atoms with E-state index in [-0.39, 0.29) is 25.1 Å². The molecule has 0 fully saturated rings. The van der Waals surface area contributed by atoms with E-state index in [0.717, 1.165) is 11.1 Å². The number of hydrogen-bond donors (Lipinski definition) is 2. The van der Waals surface area contributed by atoms with Gasteiger partial charge in [-0.3, -0.25) is 9.59 Å². The molecule has 8 heteroatoms. The molecule has 140 valence electrons. The zero-order chi connectivity index (χ0) is 19.3. The molecular weight excluding hydrogens is 337 g/mol. The molecule has 1 rings (SSSR count). The van der Waals surface area contributed by atoms with E-state index < -0.39 is 18.0 Å². The summed E-state index contributed by atoms with van der Waals surface area (Å²) in [6, 6.07) is 5.64. The van der Waals surface area contributed by atoms with Gasteiger partial charge in [-0.05, 0) is 24.0 Å². The average molecular weight is 360 g/mol. The second kappa shape index (κ2) is 8.22. The van der Waals surface area contributed by atoms with Gasteiger partial charge in [0.2, 0.25) is 0 Å². The van der Waals surface area contributed by atoms with Crippen molar-refractivity contribution in [1.29, 1.82) is 0 Å². The molecule has 1 aromatic rings. The first kappa shape index (κ1) is 20.8. The maximum Gasteiger partial charge on any atom is 0.471 e. The predicted molar refractivity (Wildman–Crippen MR) is 87.4 cm³/mol. The maximum atomic E-state index is 12.0. The summed E-state index contributed by atoms with van der Waals surface area (Å²) in [7, 11) is 0. The predicted octanol–water partition coefficient (Wildman–Crippen LogP) is 2.47. The summed E-state index contributed by atoms with van der Waals surface area (Å²) in [6.45, 7) is 7.33. The van der Waals surface area contributed by atoms with Gasteiger partial charge in [-0.15, -0.1) is 0 Å². The van der Waals surface area contributed by atoms with Crippen molar-refractivity contribution in [2.45, 2.75) is 39.3 Å². The van der Waals surface area contributed by atoms with Crippen LogP contribution in [0.5, 0.6) is 5.75 Å². The van der Waals surface area contributed by atoms with E-state index >= 15 is 0 Å². The summed E-state index contributed by atoms with van der Waals surface area (Å²) in [6.07, 6.45) is -4.93. The third kappa shape index (κ3) is 7.03. The Bertz CT molecular complexity index is 623. The highest BCUT2D eigenvalue weighted by Gasteiger charge is 2.38. The Labute approximate surface area is 144 Å². The minimum absolute atomic E-state index is 0.121. The molecule has 0 aromatic heterocycles. The maximum absolute atomic E-state index is 12.0. The van der Waals surface area contributed by atoms with Crippen molar-refractivity contribution in [2.24, 2.45) is 0 Å². The average Bonchev–Trinajstić information content (AvgIpc) is 2.48. The van der Waals surface area contributed by atoms with Crippen molar-refractivity contribution >= 4 is 11.8 Å². The quantitative estimate of drug-likeness (QED) is 0.766. The van der Waals surface area contributed by atoms with Crippen LogP contribution in [0.3, 0.4) is 0 Å². The molecule has 5 nitrogen and oxygen atoms in total. The number of hydrogen-bond acceptors (Lipinski definition) is 3. The Hall–Kier alpha value is -2.25. The number of benzene rings is 1. The lowest BCUT2D eigenvalue weighted by Crippen LogP contribution is -2.41. The van der Waals surface area contributed by atoms with E-state index in [9.17, 15) is 22.8 Å². The molecule has 1 aromatic carbocycles. The standard InChI is InChI=1S/C17H23F3N2O3/c1-11-5-6-13(12(9-11)16(2,3)4)25-10-14(23)21-7-8-22-15(24)17(18,19)20/h5-6,9H,7-8,10H2,1-4H3,(H,21,23)(H,22,24). The zero-order valence-corrected chi connectivity index (χ0v) is 14.7. The molecule has 0 bridgehead atoms. The highest BCUT2D eigenvalue weighted by Crippen LogP contribution is 2.32. The lowest BCUT2D eigenvalue weighted by Gasteiger charge is -2.23. The fourth-order valence-electron chi connectivity index (χ4n) is 2.03. The number of aryl methyl sites for hydroxylation is 1. The van der Waals surface area contributed by atoms with Crippen molar-refractivity contribution in [3.8, 4) is 5.75 Å². The number of amides is 2. The van der Waals surface area contributed by atoms with Gasteiger partial charge in [-0.25, -0.2) is 0 Å². The minimum atomic E-state index is -4.93. The summed E-state index contributed by atoms with van der Waals surface area (Å²) < 4.78 is 41.5. The molecule has 2 N–H and O–H groups in total. The van der Waals surface area contributed by atoms with Crippen LogP contribution in [0.1, 0.15) is 31.9 Å². The van der Waals surface area contributed by atoms with Gasteiger partial charge in [0.05, 0.1) is 0 Å². The number of halogens is 3. The Morgan fingerprint density at radius 1 is 1.08 bits per heavy atom. The van der Waals surface area contributed by atoms with Crippen LogP contribution in [0, 0.1) is 6.92 Å². The Morgan fingerprint density at radius 2 is 1.68 bits per heavy atom.